The average molecular weight is 270 g/mol. The SMILES string of the molecule is CCCC1=C(C(C)CC)C=C([SiH2]c2ccccc2)C1. The van der Waals surface area contributed by atoms with Crippen molar-refractivity contribution in [1.82, 2.24) is 0 Å². The van der Waals surface area contributed by atoms with Gasteiger partial charge in [0.25, 0.3) is 0 Å². The predicted octanol–water partition coefficient (Wildman–Crippen LogP) is 3.91. The Hall–Kier alpha value is -1.08. The first kappa shape index (κ1) is 14.3. The smallest absolute Gasteiger partial charge is 0.0783 e. The Morgan fingerprint density at radius 2 is 1.89 bits per heavy atom. The minimum Gasteiger partial charge on any atom is -0.0783 e. The highest BCUT2D eigenvalue weighted by Gasteiger charge is 2.18. The fraction of sp³-hybridized carbons (Fsp3) is 0.444. The Labute approximate surface area is 120 Å². The molecule has 0 saturated heterocycles. The van der Waals surface area contributed by atoms with Crippen molar-refractivity contribution in [2.45, 2.75) is 46.5 Å². The molecule has 0 saturated carbocycles. The van der Waals surface area contributed by atoms with Crippen LogP contribution in [-0.4, -0.2) is 9.52 Å². The maximum Gasteiger partial charge on any atom is 0.0828 e. The van der Waals surface area contributed by atoms with Gasteiger partial charge in [-0.3, -0.25) is 0 Å². The Kier molecular flexibility index (Phi) is 5.21. The van der Waals surface area contributed by atoms with Crippen LogP contribution in [0.4, 0.5) is 0 Å². The second kappa shape index (κ2) is 6.90. The summed E-state index contributed by atoms with van der Waals surface area (Å²) in [7, 11) is -0.236. The Bertz CT molecular complexity index is 468. The van der Waals surface area contributed by atoms with Crippen molar-refractivity contribution in [2.24, 2.45) is 5.92 Å². The van der Waals surface area contributed by atoms with Crippen LogP contribution in [0.25, 0.3) is 0 Å². The fourth-order valence-corrected chi connectivity index (χ4v) is 4.75. The molecule has 1 aliphatic rings. The van der Waals surface area contributed by atoms with Gasteiger partial charge in [-0.25, -0.2) is 0 Å². The monoisotopic (exact) mass is 270 g/mol. The van der Waals surface area contributed by atoms with Crippen LogP contribution in [-0.2, 0) is 0 Å². The van der Waals surface area contributed by atoms with Gasteiger partial charge in [0.05, 0.1) is 9.52 Å². The lowest BCUT2D eigenvalue weighted by Crippen LogP contribution is -2.15. The van der Waals surface area contributed by atoms with Crippen molar-refractivity contribution in [3.8, 4) is 0 Å². The molecular weight excluding hydrogens is 244 g/mol. The molecular formula is C18H26Si. The third-order valence-electron chi connectivity index (χ3n) is 4.18. The third-order valence-corrected chi connectivity index (χ3v) is 5.97. The third kappa shape index (κ3) is 3.70. The van der Waals surface area contributed by atoms with Crippen LogP contribution in [0.3, 0.4) is 0 Å². The summed E-state index contributed by atoms with van der Waals surface area (Å²) >= 11 is 0. The maximum absolute atomic E-state index is 2.55. The van der Waals surface area contributed by atoms with Gasteiger partial charge >= 0.3 is 0 Å². The normalized spacial score (nSPS) is 17.3. The molecule has 1 atom stereocenters. The lowest BCUT2D eigenvalue weighted by molar-refractivity contribution is 0.659. The molecule has 0 fully saturated rings. The molecule has 0 spiro atoms. The number of rotatable bonds is 6. The molecule has 0 N–H and O–H groups in total. The second-order valence-corrected chi connectivity index (χ2v) is 7.84. The zero-order chi connectivity index (χ0) is 13.7. The topological polar surface area (TPSA) is 0 Å². The summed E-state index contributed by atoms with van der Waals surface area (Å²) in [6.07, 6.45) is 7.67. The summed E-state index contributed by atoms with van der Waals surface area (Å²) in [5.74, 6) is 0.740. The highest BCUT2D eigenvalue weighted by atomic mass is 28.2. The summed E-state index contributed by atoms with van der Waals surface area (Å²) in [6, 6.07) is 11.1. The molecule has 1 aromatic rings. The molecule has 1 aromatic carbocycles. The average Bonchev–Trinajstić information content (AvgIpc) is 2.82. The second-order valence-electron chi connectivity index (χ2n) is 5.76. The standard InChI is InChI=1S/C18H26Si/c1-4-9-15-12-17(13-18(15)14(3)5-2)19-16-10-7-6-8-11-16/h6-8,10-11,13-14H,4-5,9,12,19H2,1-3H3. The summed E-state index contributed by atoms with van der Waals surface area (Å²) in [5.41, 5.74) is 3.40. The van der Waals surface area contributed by atoms with Crippen LogP contribution in [0, 0.1) is 5.92 Å². The van der Waals surface area contributed by atoms with Crippen molar-refractivity contribution >= 4 is 14.7 Å². The molecule has 0 aliphatic heterocycles. The van der Waals surface area contributed by atoms with Crippen molar-refractivity contribution < 1.29 is 0 Å². The van der Waals surface area contributed by atoms with E-state index in [1.807, 2.05) is 0 Å². The quantitative estimate of drug-likeness (QED) is 0.688. The van der Waals surface area contributed by atoms with Crippen LogP contribution in [0.15, 0.2) is 52.8 Å². The molecule has 0 amide bonds. The summed E-state index contributed by atoms with van der Waals surface area (Å²) < 4.78 is 0. The number of allylic oxidation sites excluding steroid dienone is 4. The first-order valence-electron chi connectivity index (χ1n) is 7.69. The van der Waals surface area contributed by atoms with Crippen LogP contribution in [0.1, 0.15) is 46.5 Å². The first-order chi connectivity index (χ1) is 9.24. The highest BCUT2D eigenvalue weighted by molar-refractivity contribution is 6.61. The van der Waals surface area contributed by atoms with E-state index in [4.69, 9.17) is 0 Å². The van der Waals surface area contributed by atoms with E-state index in [1.165, 1.54) is 25.7 Å². The molecule has 0 nitrogen and oxygen atoms in total. The van der Waals surface area contributed by atoms with E-state index in [1.54, 1.807) is 21.5 Å². The van der Waals surface area contributed by atoms with Gasteiger partial charge in [0.1, 0.15) is 0 Å². The molecule has 2 rings (SSSR count). The molecule has 1 heteroatoms. The van der Waals surface area contributed by atoms with Crippen LogP contribution in [0.2, 0.25) is 0 Å². The van der Waals surface area contributed by atoms with Crippen molar-refractivity contribution in [1.29, 1.82) is 0 Å². The van der Waals surface area contributed by atoms with Gasteiger partial charge in [-0.05, 0) is 30.8 Å². The molecule has 1 aliphatic carbocycles. The molecule has 102 valence electrons. The van der Waals surface area contributed by atoms with E-state index >= 15 is 0 Å². The molecule has 0 radical (unpaired) electrons. The van der Waals surface area contributed by atoms with Gasteiger partial charge in [-0.1, -0.05) is 79.6 Å². The predicted molar refractivity (Wildman–Crippen MR) is 88.7 cm³/mol. The van der Waals surface area contributed by atoms with E-state index in [2.05, 4.69) is 57.2 Å². The molecule has 1 unspecified atom stereocenters. The zero-order valence-corrected chi connectivity index (χ0v) is 14.0. The molecule has 0 aromatic heterocycles. The lowest BCUT2D eigenvalue weighted by Gasteiger charge is -2.12. The first-order valence-corrected chi connectivity index (χ1v) is 9.11. The van der Waals surface area contributed by atoms with Gasteiger partial charge in [0.15, 0.2) is 0 Å². The summed E-state index contributed by atoms with van der Waals surface area (Å²) in [4.78, 5) is 0. The van der Waals surface area contributed by atoms with Crippen molar-refractivity contribution in [2.75, 3.05) is 0 Å². The zero-order valence-electron chi connectivity index (χ0n) is 12.6. The van der Waals surface area contributed by atoms with Crippen LogP contribution < -0.4 is 5.19 Å². The molecule has 19 heavy (non-hydrogen) atoms. The Morgan fingerprint density at radius 1 is 1.16 bits per heavy atom. The fourth-order valence-electron chi connectivity index (χ4n) is 2.97. The largest absolute Gasteiger partial charge is 0.0828 e. The van der Waals surface area contributed by atoms with E-state index in [0.717, 1.165) is 5.92 Å². The van der Waals surface area contributed by atoms with E-state index in [0.29, 0.717) is 0 Å². The summed E-state index contributed by atoms with van der Waals surface area (Å²) in [6.45, 7) is 6.99. The minimum atomic E-state index is -0.236. The molecule has 0 bridgehead atoms. The van der Waals surface area contributed by atoms with Gasteiger partial charge < -0.3 is 0 Å². The van der Waals surface area contributed by atoms with Gasteiger partial charge in [-0.15, -0.1) is 0 Å². The minimum absolute atomic E-state index is 0.236. The Morgan fingerprint density at radius 3 is 2.53 bits per heavy atom. The van der Waals surface area contributed by atoms with Gasteiger partial charge in [0.2, 0.25) is 0 Å². The number of benzene rings is 1. The lowest BCUT2D eigenvalue weighted by atomic mass is 9.94. The number of hydrogen-bond acceptors (Lipinski definition) is 0. The highest BCUT2D eigenvalue weighted by Crippen LogP contribution is 2.33. The maximum atomic E-state index is 2.55. The Balaban J connectivity index is 2.10. The van der Waals surface area contributed by atoms with E-state index in [-0.39, 0.29) is 9.52 Å². The number of hydrogen-bond donors (Lipinski definition) is 0. The van der Waals surface area contributed by atoms with E-state index < -0.39 is 0 Å². The van der Waals surface area contributed by atoms with Crippen molar-refractivity contribution in [3.05, 3.63) is 52.8 Å². The van der Waals surface area contributed by atoms with Gasteiger partial charge in [0, 0.05) is 0 Å². The summed E-state index contributed by atoms with van der Waals surface area (Å²) in [5, 5.41) is 3.32. The van der Waals surface area contributed by atoms with Crippen LogP contribution in [0.5, 0.6) is 0 Å². The van der Waals surface area contributed by atoms with Crippen LogP contribution >= 0.6 is 0 Å². The molecule has 0 heterocycles. The van der Waals surface area contributed by atoms with E-state index in [9.17, 15) is 0 Å². The van der Waals surface area contributed by atoms with Crippen molar-refractivity contribution in [3.63, 3.8) is 0 Å². The van der Waals surface area contributed by atoms with Gasteiger partial charge in [-0.2, -0.15) is 0 Å².